The van der Waals surface area contributed by atoms with Gasteiger partial charge in [-0.3, -0.25) is 0 Å². The number of halogens is 1. The third-order valence-corrected chi connectivity index (χ3v) is 2.33. The van der Waals surface area contributed by atoms with Gasteiger partial charge in [-0.05, 0) is 19.1 Å². The number of fused-ring (bicyclic) bond motifs is 1. The van der Waals surface area contributed by atoms with Gasteiger partial charge in [0.05, 0.1) is 23.9 Å². The summed E-state index contributed by atoms with van der Waals surface area (Å²) in [5.74, 6) is -0.354. The normalized spacial score (nSPS) is 10.5. The van der Waals surface area contributed by atoms with Crippen LogP contribution in [0.4, 0.5) is 0 Å². The maximum absolute atomic E-state index is 11.6. The van der Waals surface area contributed by atoms with Crippen LogP contribution in [-0.2, 0) is 4.74 Å². The molecular weight excluding hydrogens is 216 g/mol. The van der Waals surface area contributed by atoms with Crippen molar-refractivity contribution in [2.45, 2.75) is 6.92 Å². The summed E-state index contributed by atoms with van der Waals surface area (Å²) in [5.41, 5.74) is 1.18. The molecule has 0 aliphatic carbocycles. The Morgan fingerprint density at radius 3 is 3.13 bits per heavy atom. The largest absolute Gasteiger partial charge is 0.462 e. The number of hydrogen-bond acceptors (Lipinski definition) is 3. The minimum Gasteiger partial charge on any atom is -0.462 e. The van der Waals surface area contributed by atoms with E-state index in [0.29, 0.717) is 23.1 Å². The van der Waals surface area contributed by atoms with Gasteiger partial charge < -0.3 is 4.74 Å². The van der Waals surface area contributed by atoms with E-state index in [0.717, 1.165) is 0 Å². The number of benzene rings is 1. The first-order valence-corrected chi connectivity index (χ1v) is 4.88. The minimum absolute atomic E-state index is 0.351. The molecule has 4 nitrogen and oxygen atoms in total. The second-order valence-corrected chi connectivity index (χ2v) is 3.28. The highest BCUT2D eigenvalue weighted by Gasteiger charge is 2.13. The molecule has 1 aromatic carbocycles. The molecule has 0 spiro atoms. The predicted octanol–water partition coefficient (Wildman–Crippen LogP) is 2.21. The maximum Gasteiger partial charge on any atom is 0.338 e. The average Bonchev–Trinajstić information content (AvgIpc) is 2.61. The number of nitrogens with zero attached hydrogens (tertiary/aromatic N) is 2. The summed E-state index contributed by atoms with van der Waals surface area (Å²) in [7, 11) is 0. The van der Waals surface area contributed by atoms with Crippen molar-refractivity contribution < 1.29 is 9.53 Å². The molecule has 0 radical (unpaired) electrons. The number of ether oxygens (including phenoxy) is 1. The monoisotopic (exact) mass is 224 g/mol. The fourth-order valence-electron chi connectivity index (χ4n) is 1.41. The van der Waals surface area contributed by atoms with Gasteiger partial charge in [0, 0.05) is 17.2 Å². The van der Waals surface area contributed by atoms with Gasteiger partial charge >= 0.3 is 5.97 Å². The van der Waals surface area contributed by atoms with Gasteiger partial charge in [-0.1, -0.05) is 6.07 Å². The number of carbonyl (C=O) groups is 1. The molecule has 0 saturated heterocycles. The number of esters is 1. The average molecular weight is 225 g/mol. The zero-order valence-electron chi connectivity index (χ0n) is 8.11. The van der Waals surface area contributed by atoms with E-state index in [1.807, 2.05) is 0 Å². The zero-order chi connectivity index (χ0) is 10.8. The van der Waals surface area contributed by atoms with Crippen LogP contribution in [0.2, 0.25) is 0 Å². The van der Waals surface area contributed by atoms with Crippen molar-refractivity contribution in [3.63, 3.8) is 0 Å². The molecule has 1 heterocycles. The Hall–Kier alpha value is -1.55. The first-order chi connectivity index (χ1) is 7.24. The van der Waals surface area contributed by atoms with Gasteiger partial charge in [-0.15, -0.1) is 0 Å². The first kappa shape index (κ1) is 9.98. The summed E-state index contributed by atoms with van der Waals surface area (Å²) in [6, 6.07) is 5.23. The highest BCUT2D eigenvalue weighted by Crippen LogP contribution is 2.19. The van der Waals surface area contributed by atoms with Crippen molar-refractivity contribution in [2.24, 2.45) is 0 Å². The Labute approximate surface area is 91.5 Å². The Morgan fingerprint density at radius 2 is 2.40 bits per heavy atom. The third kappa shape index (κ3) is 1.68. The topological polar surface area (TPSA) is 44.1 Å². The van der Waals surface area contributed by atoms with Crippen molar-refractivity contribution in [1.29, 1.82) is 0 Å². The molecular formula is C10H9ClN2O2. The summed E-state index contributed by atoms with van der Waals surface area (Å²) in [5, 5.41) is 4.57. The molecule has 0 N–H and O–H groups in total. The van der Waals surface area contributed by atoms with E-state index in [9.17, 15) is 4.79 Å². The van der Waals surface area contributed by atoms with Crippen molar-refractivity contribution >= 4 is 28.6 Å². The molecule has 78 valence electrons. The second-order valence-electron chi connectivity index (χ2n) is 2.96. The highest BCUT2D eigenvalue weighted by molar-refractivity contribution is 6.19. The molecule has 1 aromatic heterocycles. The van der Waals surface area contributed by atoms with Crippen LogP contribution in [0.15, 0.2) is 24.4 Å². The SMILES string of the molecule is CCOC(=O)c1cccc2c1cnn2Cl. The van der Waals surface area contributed by atoms with Crippen LogP contribution in [0.1, 0.15) is 17.3 Å². The second kappa shape index (κ2) is 3.90. The van der Waals surface area contributed by atoms with Crippen molar-refractivity contribution in [1.82, 2.24) is 9.30 Å². The number of rotatable bonds is 2. The molecule has 0 aliphatic heterocycles. The fraction of sp³-hybridized carbons (Fsp3) is 0.200. The smallest absolute Gasteiger partial charge is 0.338 e. The van der Waals surface area contributed by atoms with E-state index in [4.69, 9.17) is 16.5 Å². The summed E-state index contributed by atoms with van der Waals surface area (Å²) in [4.78, 5) is 11.6. The van der Waals surface area contributed by atoms with Crippen LogP contribution in [0.3, 0.4) is 0 Å². The number of aromatic nitrogens is 2. The van der Waals surface area contributed by atoms with Gasteiger partial charge in [-0.2, -0.15) is 9.30 Å². The predicted molar refractivity (Wildman–Crippen MR) is 56.9 cm³/mol. The first-order valence-electron chi connectivity index (χ1n) is 4.54. The molecule has 2 rings (SSSR count). The Kier molecular flexibility index (Phi) is 2.60. The Morgan fingerprint density at radius 1 is 1.60 bits per heavy atom. The molecule has 5 heteroatoms. The lowest BCUT2D eigenvalue weighted by molar-refractivity contribution is 0.0528. The number of carbonyl (C=O) groups excluding carboxylic acids is 1. The Bertz CT molecular complexity index is 507. The summed E-state index contributed by atoms with van der Waals surface area (Å²) < 4.78 is 6.13. The van der Waals surface area contributed by atoms with Crippen LogP contribution >= 0.6 is 11.8 Å². The molecule has 0 unspecified atom stereocenters. The molecule has 0 amide bonds. The lowest BCUT2D eigenvalue weighted by atomic mass is 10.1. The van der Waals surface area contributed by atoms with Gasteiger partial charge in [0.25, 0.3) is 0 Å². The fourth-order valence-corrected chi connectivity index (χ4v) is 1.60. The van der Waals surface area contributed by atoms with Gasteiger partial charge in [0.2, 0.25) is 0 Å². The third-order valence-electron chi connectivity index (χ3n) is 2.07. The summed E-state index contributed by atoms with van der Waals surface area (Å²) in [6.07, 6.45) is 1.55. The van der Waals surface area contributed by atoms with Crippen LogP contribution in [-0.4, -0.2) is 21.9 Å². The molecule has 0 aliphatic rings. The van der Waals surface area contributed by atoms with Crippen molar-refractivity contribution in [3.05, 3.63) is 30.0 Å². The van der Waals surface area contributed by atoms with E-state index < -0.39 is 0 Å². The minimum atomic E-state index is -0.354. The van der Waals surface area contributed by atoms with E-state index in [1.54, 1.807) is 31.3 Å². The van der Waals surface area contributed by atoms with Crippen LogP contribution < -0.4 is 0 Å². The molecule has 0 saturated carbocycles. The lowest BCUT2D eigenvalue weighted by Crippen LogP contribution is -2.04. The van der Waals surface area contributed by atoms with Gasteiger partial charge in [-0.25, -0.2) is 4.79 Å². The molecule has 0 atom stereocenters. The highest BCUT2D eigenvalue weighted by atomic mass is 35.5. The van der Waals surface area contributed by atoms with Crippen LogP contribution in [0, 0.1) is 0 Å². The molecule has 0 bridgehead atoms. The molecule has 0 fully saturated rings. The van der Waals surface area contributed by atoms with Crippen molar-refractivity contribution in [3.8, 4) is 0 Å². The van der Waals surface area contributed by atoms with Crippen molar-refractivity contribution in [2.75, 3.05) is 6.61 Å². The van der Waals surface area contributed by atoms with E-state index >= 15 is 0 Å². The van der Waals surface area contributed by atoms with E-state index in [1.165, 1.54) is 4.20 Å². The maximum atomic E-state index is 11.6. The summed E-state index contributed by atoms with van der Waals surface area (Å²) >= 11 is 5.78. The quantitative estimate of drug-likeness (QED) is 0.735. The molecule has 2 aromatic rings. The summed E-state index contributed by atoms with van der Waals surface area (Å²) in [6.45, 7) is 2.12. The van der Waals surface area contributed by atoms with Gasteiger partial charge in [0.1, 0.15) is 0 Å². The Balaban J connectivity index is 2.56. The number of hydrogen-bond donors (Lipinski definition) is 0. The van der Waals surface area contributed by atoms with Gasteiger partial charge in [0.15, 0.2) is 0 Å². The standard InChI is InChI=1S/C10H9ClN2O2/c1-2-15-10(14)7-4-3-5-9-8(7)6-12-13(9)11/h3-6H,2H2,1H3. The lowest BCUT2D eigenvalue weighted by Gasteiger charge is -2.02. The van der Waals surface area contributed by atoms with Crippen LogP contribution in [0.5, 0.6) is 0 Å². The van der Waals surface area contributed by atoms with Crippen LogP contribution in [0.25, 0.3) is 10.9 Å². The van der Waals surface area contributed by atoms with E-state index in [-0.39, 0.29) is 5.97 Å². The van der Waals surface area contributed by atoms with E-state index in [2.05, 4.69) is 5.10 Å². The molecule has 15 heavy (non-hydrogen) atoms. The zero-order valence-corrected chi connectivity index (χ0v) is 8.86.